The van der Waals surface area contributed by atoms with E-state index in [-0.39, 0.29) is 129 Å². The summed E-state index contributed by atoms with van der Waals surface area (Å²) in [5, 5.41) is 9.26. The van der Waals surface area contributed by atoms with Crippen LogP contribution in [0.5, 0.6) is 0 Å². The molecule has 0 spiro atoms. The van der Waals surface area contributed by atoms with Crippen molar-refractivity contribution in [3.63, 3.8) is 0 Å². The highest BCUT2D eigenvalue weighted by molar-refractivity contribution is 6.14. The maximum Gasteiger partial charge on any atom is 0.417 e. The summed E-state index contributed by atoms with van der Waals surface area (Å²) in [6.45, 7) is 0. The maximum atomic E-state index is 15.4. The fourth-order valence-electron chi connectivity index (χ4n) is 13.2. The van der Waals surface area contributed by atoms with E-state index < -0.39 is 201 Å². The first-order chi connectivity index (χ1) is 50.7. The third kappa shape index (κ3) is 14.5. The number of nitriles is 1. The van der Waals surface area contributed by atoms with Crippen molar-refractivity contribution >= 4 is 43.6 Å². The van der Waals surface area contributed by atoms with Gasteiger partial charge < -0.3 is 9.13 Å². The Morgan fingerprint density at radius 2 is 0.455 bits per heavy atom. The molecule has 110 heavy (non-hydrogen) atoms. The van der Waals surface area contributed by atoms with E-state index in [0.717, 1.165) is 106 Å². The number of aromatic nitrogens is 2. The minimum Gasteiger partial charge on any atom is -0.309 e. The minimum absolute atomic E-state index is 0.229. The van der Waals surface area contributed by atoms with Gasteiger partial charge in [0.2, 0.25) is 0 Å². The second-order valence-corrected chi connectivity index (χ2v) is 25.1. The number of fused-ring (bicyclic) bond motifs is 6. The molecule has 0 saturated heterocycles. The third-order valence-corrected chi connectivity index (χ3v) is 18.1. The monoisotopic (exact) mass is 1570 g/mol. The number of hydrogen-bond acceptors (Lipinski definition) is 1. The van der Waals surface area contributed by atoms with Gasteiger partial charge in [0.25, 0.3) is 0 Å². The van der Waals surface area contributed by atoms with E-state index in [4.69, 9.17) is 0 Å². The van der Waals surface area contributed by atoms with Gasteiger partial charge >= 0.3 is 61.8 Å². The van der Waals surface area contributed by atoms with E-state index in [2.05, 4.69) is 0 Å². The molecule has 3 nitrogen and oxygen atoms in total. The van der Waals surface area contributed by atoms with E-state index in [0.29, 0.717) is 18.2 Å². The van der Waals surface area contributed by atoms with Crippen molar-refractivity contribution < 1.29 is 132 Å². The molecule has 13 aromatic rings. The summed E-state index contributed by atoms with van der Waals surface area (Å²) in [6, 6.07) is 20.7. The molecule has 0 unspecified atom stereocenters. The van der Waals surface area contributed by atoms with Crippen molar-refractivity contribution in [1.82, 2.24) is 9.13 Å². The molecule has 0 atom stereocenters. The summed E-state index contributed by atoms with van der Waals surface area (Å²) in [6.07, 6.45) is -55.2. The van der Waals surface area contributed by atoms with Gasteiger partial charge in [0.15, 0.2) is 0 Å². The minimum atomic E-state index is -5.67. The SMILES string of the molecule is N#Cc1ccc(-n2c3ccc(-c4cc(C(F)(F)F)cc(C(F)(F)F)c4)cc3c3cc(-c4cc(C(F)(F)F)cc(C(F)(F)F)c4)ccc32)c(-c2cc(-c3c(C(F)(F)F)cccc3C(F)(F)F)ccc2-n2c3ccc(-c4cc(C(F)(F)F)cc(C(F)(F)F)c4)cc3c3cc(-c4cc(C(F)(F)F)cc(C(F)(F)F)c4)ccc32)c1. The van der Waals surface area contributed by atoms with Crippen LogP contribution in [0.2, 0.25) is 0 Å². The van der Waals surface area contributed by atoms with E-state index in [1.54, 1.807) is 6.07 Å². The summed E-state index contributed by atoms with van der Waals surface area (Å²) in [5.74, 6) is 0. The molecule has 0 aliphatic rings. The van der Waals surface area contributed by atoms with E-state index in [9.17, 15) is 111 Å². The van der Waals surface area contributed by atoms with Gasteiger partial charge in [0.1, 0.15) is 0 Å². The standard InChI is InChI=1S/C77H33F30N3/c78-68(79,80)45-17-41(18-46(30-45)69(81,82)83)36-5-11-62-54(25-36)55-26-37(42-19-47(70(84,85)86)31-48(20-42)71(87,88)89)6-12-63(55)109(62)61-10-4-35(34-108)16-53(61)58-29-40(67-59(76(102,103)104)2-1-3-60(67)77(105,106)107)9-15-66(58)110-64-13-7-38(43-21-49(72(90,91)92)32-50(22-43)73(93,94)95)27-56(64)57-28-39(8-14-65(57)110)44-23-51(74(96,97)98)33-52(24-44)75(99,100)101/h1-33H. The molecule has 0 N–H and O–H groups in total. The Morgan fingerprint density at radius 3 is 0.691 bits per heavy atom. The van der Waals surface area contributed by atoms with Crippen LogP contribution in [-0.4, -0.2) is 9.13 Å². The van der Waals surface area contributed by atoms with Gasteiger partial charge in [-0.05, 0) is 214 Å². The van der Waals surface area contributed by atoms with Crippen molar-refractivity contribution in [2.24, 2.45) is 0 Å². The van der Waals surface area contributed by atoms with Crippen LogP contribution in [0.1, 0.15) is 61.2 Å². The number of benzene rings is 11. The average molecular weight is 1570 g/mol. The van der Waals surface area contributed by atoms with Crippen LogP contribution < -0.4 is 0 Å². The van der Waals surface area contributed by atoms with Crippen LogP contribution in [0.15, 0.2) is 200 Å². The normalized spacial score (nSPS) is 13.4. The Balaban J connectivity index is 1.18. The predicted molar refractivity (Wildman–Crippen MR) is 342 cm³/mol. The first-order valence-corrected chi connectivity index (χ1v) is 31.1. The highest BCUT2D eigenvalue weighted by Gasteiger charge is 2.45. The van der Waals surface area contributed by atoms with Crippen molar-refractivity contribution in [2.45, 2.75) is 61.8 Å². The Kier molecular flexibility index (Phi) is 18.0. The topological polar surface area (TPSA) is 33.6 Å². The lowest BCUT2D eigenvalue weighted by Crippen LogP contribution is -2.14. The van der Waals surface area contributed by atoms with Gasteiger partial charge in [-0.25, -0.2) is 0 Å². The molecule has 0 saturated carbocycles. The number of halogens is 30. The van der Waals surface area contributed by atoms with Crippen molar-refractivity contribution in [3.8, 4) is 84.2 Å². The van der Waals surface area contributed by atoms with Crippen molar-refractivity contribution in [1.29, 1.82) is 5.26 Å². The molecule has 0 aliphatic heterocycles. The van der Waals surface area contributed by atoms with Gasteiger partial charge in [-0.2, -0.15) is 137 Å². The van der Waals surface area contributed by atoms with Crippen molar-refractivity contribution in [2.75, 3.05) is 0 Å². The summed E-state index contributed by atoms with van der Waals surface area (Å²) < 4.78 is 442. The smallest absolute Gasteiger partial charge is 0.309 e. The Bertz CT molecular complexity index is 5520. The molecule has 11 aromatic carbocycles. The highest BCUT2D eigenvalue weighted by Crippen LogP contribution is 2.52. The fourth-order valence-corrected chi connectivity index (χ4v) is 13.2. The lowest BCUT2D eigenvalue weighted by atomic mass is 9.90. The lowest BCUT2D eigenvalue weighted by Gasteiger charge is -2.22. The molecule has 0 fully saturated rings. The Hall–Kier alpha value is -11.6. The molecule has 0 bridgehead atoms. The maximum absolute atomic E-state index is 15.4. The van der Waals surface area contributed by atoms with Gasteiger partial charge in [-0.1, -0.05) is 36.4 Å². The first kappa shape index (κ1) is 76.6. The third-order valence-electron chi connectivity index (χ3n) is 18.1. The number of alkyl halides is 30. The number of nitrogens with zero attached hydrogens (tertiary/aromatic N) is 3. The lowest BCUT2D eigenvalue weighted by molar-refractivity contribution is -0.144. The Labute approximate surface area is 595 Å². The van der Waals surface area contributed by atoms with Gasteiger partial charge in [-0.15, -0.1) is 0 Å². The van der Waals surface area contributed by atoms with E-state index >= 15 is 26.3 Å². The quantitative estimate of drug-likeness (QED) is 0.140. The predicted octanol–water partition coefficient (Wildman–Crippen LogP) is 27.9. The zero-order valence-corrected chi connectivity index (χ0v) is 53.7. The zero-order chi connectivity index (χ0) is 80.2. The second-order valence-electron chi connectivity index (χ2n) is 25.1. The van der Waals surface area contributed by atoms with Crippen LogP contribution >= 0.6 is 0 Å². The highest BCUT2D eigenvalue weighted by atomic mass is 19.4. The molecule has 566 valence electrons. The van der Waals surface area contributed by atoms with Crippen LogP contribution in [0.25, 0.3) is 122 Å². The van der Waals surface area contributed by atoms with E-state index in [1.807, 2.05) is 0 Å². The number of rotatable bonds is 8. The van der Waals surface area contributed by atoms with Crippen LogP contribution in [0.3, 0.4) is 0 Å². The van der Waals surface area contributed by atoms with Crippen molar-refractivity contribution in [3.05, 3.63) is 261 Å². The van der Waals surface area contributed by atoms with Gasteiger partial charge in [0, 0.05) is 38.2 Å². The molecular formula is C77H33F30N3. The summed E-state index contributed by atoms with van der Waals surface area (Å²) in [7, 11) is 0. The fraction of sp³-hybridized carbons (Fsp3) is 0.130. The molecule has 33 heteroatoms. The molecule has 13 rings (SSSR count). The zero-order valence-electron chi connectivity index (χ0n) is 53.7. The largest absolute Gasteiger partial charge is 0.417 e. The summed E-state index contributed by atoms with van der Waals surface area (Å²) in [4.78, 5) is 0. The molecule has 0 aliphatic carbocycles. The summed E-state index contributed by atoms with van der Waals surface area (Å²) in [5.41, 5.74) is -30.6. The second kappa shape index (κ2) is 25.8. The molecule has 0 radical (unpaired) electrons. The Morgan fingerprint density at radius 1 is 0.218 bits per heavy atom. The molecule has 0 amide bonds. The average Bonchev–Trinajstić information content (AvgIpc) is 1.56. The van der Waals surface area contributed by atoms with Crippen LogP contribution in [-0.2, 0) is 61.8 Å². The molecule has 2 heterocycles. The molecule has 2 aromatic heterocycles. The van der Waals surface area contributed by atoms with Crippen LogP contribution in [0, 0.1) is 11.3 Å². The van der Waals surface area contributed by atoms with Gasteiger partial charge in [-0.3, -0.25) is 0 Å². The molecular weight excluding hydrogens is 1540 g/mol. The van der Waals surface area contributed by atoms with Gasteiger partial charge in [0.05, 0.1) is 101 Å². The summed E-state index contributed by atoms with van der Waals surface area (Å²) >= 11 is 0. The van der Waals surface area contributed by atoms with Crippen LogP contribution in [0.4, 0.5) is 132 Å². The number of hydrogen-bond donors (Lipinski definition) is 0. The van der Waals surface area contributed by atoms with E-state index in [1.165, 1.54) is 0 Å². The first-order valence-electron chi connectivity index (χ1n) is 31.1.